The van der Waals surface area contributed by atoms with Crippen LogP contribution in [0.25, 0.3) is 21.9 Å². The average molecular weight is 638 g/mol. The Kier molecular flexibility index (Phi) is 8.52. The van der Waals surface area contributed by atoms with Crippen molar-refractivity contribution in [2.24, 2.45) is 0 Å². The van der Waals surface area contributed by atoms with E-state index in [2.05, 4.69) is 0 Å². The van der Waals surface area contributed by atoms with Crippen molar-refractivity contribution in [2.75, 3.05) is 7.11 Å². The zero-order valence-electron chi connectivity index (χ0n) is 24.6. The van der Waals surface area contributed by atoms with Gasteiger partial charge in [0.1, 0.15) is 16.4 Å². The van der Waals surface area contributed by atoms with Crippen LogP contribution >= 0.6 is 0 Å². The maximum atomic E-state index is 14.3. The molecule has 5 rings (SSSR count). The number of benzene rings is 4. The van der Waals surface area contributed by atoms with Gasteiger partial charge in [-0.15, -0.1) is 0 Å². The number of carboxylic acids is 1. The van der Waals surface area contributed by atoms with Crippen LogP contribution in [-0.4, -0.2) is 30.9 Å². The summed E-state index contributed by atoms with van der Waals surface area (Å²) in [6.07, 6.45) is -4.73. The minimum atomic E-state index is -4.73. The lowest BCUT2D eigenvalue weighted by atomic mass is 9.83. The monoisotopic (exact) mass is 637 g/mol. The third kappa shape index (κ3) is 6.45. The lowest BCUT2D eigenvalue weighted by Crippen LogP contribution is -2.30. The van der Waals surface area contributed by atoms with Crippen molar-refractivity contribution in [3.05, 3.63) is 120 Å². The highest BCUT2D eigenvalue weighted by molar-refractivity contribution is 7.89. The molecule has 7 nitrogen and oxygen atoms in total. The average Bonchev–Trinajstić information content (AvgIpc) is 3.50. The van der Waals surface area contributed by atoms with Crippen LogP contribution in [0.4, 0.5) is 13.2 Å². The second kappa shape index (κ2) is 12.1. The number of nitrogens with zero attached hydrogens (tertiary/aromatic N) is 1. The summed E-state index contributed by atoms with van der Waals surface area (Å²) in [6, 6.07) is 26.2. The molecule has 0 saturated heterocycles. The van der Waals surface area contributed by atoms with E-state index in [1.54, 1.807) is 86.6 Å². The number of halogens is 3. The molecule has 5 aromatic rings. The molecule has 0 unspecified atom stereocenters. The zero-order valence-corrected chi connectivity index (χ0v) is 25.4. The van der Waals surface area contributed by atoms with Gasteiger partial charge in [-0.3, -0.25) is 4.79 Å². The fraction of sp³-hybridized carbons (Fsp3) is 0.206. The van der Waals surface area contributed by atoms with Crippen LogP contribution in [0.1, 0.15) is 36.5 Å². The quantitative estimate of drug-likeness (QED) is 0.167. The van der Waals surface area contributed by atoms with Gasteiger partial charge in [0.2, 0.25) is 15.8 Å². The highest BCUT2D eigenvalue weighted by Gasteiger charge is 2.36. The fourth-order valence-electron chi connectivity index (χ4n) is 5.01. The molecule has 0 bridgehead atoms. The van der Waals surface area contributed by atoms with Crippen LogP contribution < -0.4 is 4.74 Å². The van der Waals surface area contributed by atoms with Gasteiger partial charge >= 0.3 is 12.1 Å². The first-order chi connectivity index (χ1) is 21.2. The van der Waals surface area contributed by atoms with Crippen molar-refractivity contribution in [1.82, 2.24) is 4.31 Å². The Morgan fingerprint density at radius 3 is 2.22 bits per heavy atom. The number of hydrogen-bond donors (Lipinski definition) is 1. The van der Waals surface area contributed by atoms with E-state index in [0.717, 1.165) is 27.6 Å². The second-order valence-electron chi connectivity index (χ2n) is 11.1. The number of ether oxygens (including phenoxy) is 1. The summed E-state index contributed by atoms with van der Waals surface area (Å²) in [5, 5.41) is 10.7. The molecule has 1 N–H and O–H groups in total. The lowest BCUT2D eigenvalue weighted by molar-refractivity contribution is -0.153. The van der Waals surface area contributed by atoms with Crippen molar-refractivity contribution in [2.45, 2.75) is 43.4 Å². The molecule has 11 heteroatoms. The van der Waals surface area contributed by atoms with Crippen molar-refractivity contribution < 1.29 is 40.6 Å². The zero-order chi connectivity index (χ0) is 32.6. The van der Waals surface area contributed by atoms with Crippen molar-refractivity contribution in [3.8, 4) is 16.9 Å². The molecule has 0 fully saturated rings. The minimum absolute atomic E-state index is 0.0913. The van der Waals surface area contributed by atoms with Crippen LogP contribution in [0.5, 0.6) is 5.75 Å². The van der Waals surface area contributed by atoms with Gasteiger partial charge in [0.15, 0.2) is 0 Å². The largest absolute Gasteiger partial charge is 0.495 e. The molecule has 0 spiro atoms. The van der Waals surface area contributed by atoms with E-state index in [1.807, 2.05) is 6.07 Å². The van der Waals surface area contributed by atoms with Crippen molar-refractivity contribution in [1.29, 1.82) is 0 Å². The summed E-state index contributed by atoms with van der Waals surface area (Å²) >= 11 is 0. The topological polar surface area (TPSA) is 97.1 Å². The van der Waals surface area contributed by atoms with Gasteiger partial charge in [0.25, 0.3) is 0 Å². The number of sulfonamides is 1. The molecule has 45 heavy (non-hydrogen) atoms. The predicted octanol–water partition coefficient (Wildman–Crippen LogP) is 7.88. The highest BCUT2D eigenvalue weighted by Crippen LogP contribution is 2.37. The molecule has 0 aliphatic rings. The second-order valence-corrected chi connectivity index (χ2v) is 12.9. The van der Waals surface area contributed by atoms with E-state index in [9.17, 15) is 31.5 Å². The molecule has 0 aliphatic heterocycles. The number of rotatable bonds is 10. The van der Waals surface area contributed by atoms with Gasteiger partial charge in [-0.25, -0.2) is 8.42 Å². The minimum Gasteiger partial charge on any atom is -0.495 e. The predicted molar refractivity (Wildman–Crippen MR) is 163 cm³/mol. The summed E-state index contributed by atoms with van der Waals surface area (Å²) in [5.41, 5.74) is 1.62. The van der Waals surface area contributed by atoms with Gasteiger partial charge in [0, 0.05) is 11.9 Å². The number of carboxylic acid groups (broad SMARTS) is 1. The van der Waals surface area contributed by atoms with Gasteiger partial charge in [-0.2, -0.15) is 17.5 Å². The number of hydrogen-bond acceptors (Lipinski definition) is 5. The standard InChI is InChI=1S/C34H30F3NO6S/c1-33(2,32(39)40)26-9-6-8-25(19-26)23-13-11-22(12-14-23)20-38(21-27-16-18-30(44-27)34(35,36)37)45(41,42)31-28-10-5-4-7-24(28)15-17-29(31)43-3/h4-19H,20-21H2,1-3H3,(H,39,40). The fourth-order valence-corrected chi connectivity index (χ4v) is 6.75. The van der Waals surface area contributed by atoms with Crippen LogP contribution in [0.15, 0.2) is 106 Å². The number of furan rings is 1. The van der Waals surface area contributed by atoms with Crippen molar-refractivity contribution in [3.63, 3.8) is 0 Å². The van der Waals surface area contributed by atoms with E-state index < -0.39 is 39.9 Å². The SMILES string of the molecule is COc1ccc2ccccc2c1S(=O)(=O)N(Cc1ccc(-c2cccc(C(C)(C)C(=O)O)c2)cc1)Cc1ccc(C(F)(F)F)o1. The molecule has 0 atom stereocenters. The summed E-state index contributed by atoms with van der Waals surface area (Å²) in [5.74, 6) is -2.28. The first kappa shape index (κ1) is 31.8. The maximum absolute atomic E-state index is 14.3. The number of methoxy groups -OCH3 is 1. The Hall–Kier alpha value is -4.61. The van der Waals surface area contributed by atoms with Gasteiger partial charge in [-0.05, 0) is 59.7 Å². The maximum Gasteiger partial charge on any atom is 0.449 e. The van der Waals surface area contributed by atoms with Crippen LogP contribution in [0, 0.1) is 0 Å². The number of aliphatic carboxylic acids is 1. The summed E-state index contributed by atoms with van der Waals surface area (Å²) in [6.45, 7) is 2.57. The first-order valence-electron chi connectivity index (χ1n) is 13.9. The highest BCUT2D eigenvalue weighted by atomic mass is 32.2. The third-order valence-corrected chi connectivity index (χ3v) is 9.57. The van der Waals surface area contributed by atoms with E-state index in [0.29, 0.717) is 21.9 Å². The Morgan fingerprint density at radius 1 is 0.867 bits per heavy atom. The normalized spacial score (nSPS) is 12.5. The molecule has 234 valence electrons. The van der Waals surface area contributed by atoms with E-state index >= 15 is 0 Å². The lowest BCUT2D eigenvalue weighted by Gasteiger charge is -2.24. The molecular weight excluding hydrogens is 607 g/mol. The summed E-state index contributed by atoms with van der Waals surface area (Å²) in [4.78, 5) is 11.7. The Balaban J connectivity index is 1.54. The molecular formula is C34H30F3NO6S. The van der Waals surface area contributed by atoms with Crippen molar-refractivity contribution >= 4 is 26.8 Å². The Bertz CT molecular complexity index is 1960. The molecule has 4 aromatic carbocycles. The third-order valence-electron chi connectivity index (χ3n) is 7.70. The van der Waals surface area contributed by atoms with E-state index in [1.165, 1.54) is 13.2 Å². The summed E-state index contributed by atoms with van der Waals surface area (Å²) in [7, 11) is -3.03. The van der Waals surface area contributed by atoms with Gasteiger partial charge < -0.3 is 14.3 Å². The molecule has 0 aliphatic carbocycles. The van der Waals surface area contributed by atoms with Gasteiger partial charge in [-0.1, -0.05) is 78.9 Å². The Labute approximate surface area is 258 Å². The van der Waals surface area contributed by atoms with E-state index in [4.69, 9.17) is 9.15 Å². The molecule has 1 heterocycles. The van der Waals surface area contributed by atoms with Crippen LogP contribution in [-0.2, 0) is 39.5 Å². The first-order valence-corrected chi connectivity index (χ1v) is 15.3. The number of fused-ring (bicyclic) bond motifs is 1. The molecule has 0 amide bonds. The molecule has 1 aromatic heterocycles. The Morgan fingerprint density at radius 2 is 1.58 bits per heavy atom. The smallest absolute Gasteiger partial charge is 0.449 e. The van der Waals surface area contributed by atoms with Gasteiger partial charge in [0.05, 0.1) is 19.1 Å². The van der Waals surface area contributed by atoms with E-state index in [-0.39, 0.29) is 22.9 Å². The molecule has 0 saturated carbocycles. The van der Waals surface area contributed by atoms with Crippen LogP contribution in [0.3, 0.4) is 0 Å². The van der Waals surface area contributed by atoms with Crippen LogP contribution in [0.2, 0.25) is 0 Å². The molecule has 0 radical (unpaired) electrons. The number of alkyl halides is 3. The number of carbonyl (C=O) groups is 1. The summed E-state index contributed by atoms with van der Waals surface area (Å²) < 4.78 is 80.1.